The maximum atomic E-state index is 10.6. The van der Waals surface area contributed by atoms with E-state index in [-0.39, 0.29) is 0 Å². The molecule has 6 heteroatoms. The van der Waals surface area contributed by atoms with Crippen LogP contribution in [0.1, 0.15) is 0 Å². The Morgan fingerprint density at radius 1 is 1.56 bits per heavy atom. The molecular formula is C3H10NO4P. The van der Waals surface area contributed by atoms with E-state index in [1.165, 1.54) is 14.1 Å². The second kappa shape index (κ2) is 2.36. The summed E-state index contributed by atoms with van der Waals surface area (Å²) in [5.41, 5.74) is 0. The lowest BCUT2D eigenvalue weighted by molar-refractivity contribution is -0.828. The number of hydrogen-bond acceptors (Lipinski definition) is 2. The molecule has 0 radical (unpaired) electrons. The molecule has 2 N–H and O–H groups in total. The maximum Gasteiger partial charge on any atom is 0.379 e. The second-order valence-corrected chi connectivity index (χ2v) is 3.99. The lowest BCUT2D eigenvalue weighted by Crippen LogP contribution is -2.32. The summed E-state index contributed by atoms with van der Waals surface area (Å²) in [6.07, 6.45) is -0.660. The van der Waals surface area contributed by atoms with Crippen LogP contribution in [0.25, 0.3) is 0 Å². The predicted molar refractivity (Wildman–Crippen MR) is 32.4 cm³/mol. The summed E-state index contributed by atoms with van der Waals surface area (Å²) in [7, 11) is -1.77. The Bertz CT molecular complexity index is 133. The van der Waals surface area contributed by atoms with Gasteiger partial charge in [0.05, 0.1) is 14.1 Å². The van der Waals surface area contributed by atoms with Crippen molar-refractivity contribution in [3.05, 3.63) is 5.21 Å². The Kier molecular flexibility index (Phi) is 2.38. The molecule has 5 nitrogen and oxygen atoms in total. The largest absolute Gasteiger partial charge is 0.633 e. The molecule has 0 aromatic carbocycles. The number of quaternary nitrogens is 1. The molecule has 0 atom stereocenters. The molecule has 0 aromatic rings. The lowest BCUT2D eigenvalue weighted by atomic mass is 10.9. The third-order valence-corrected chi connectivity index (χ3v) is 1.57. The normalized spacial score (nSPS) is 13.9. The summed E-state index contributed by atoms with van der Waals surface area (Å²) in [6, 6.07) is 0. The summed E-state index contributed by atoms with van der Waals surface area (Å²) >= 11 is 0. The van der Waals surface area contributed by atoms with Gasteiger partial charge in [0, 0.05) is 0 Å². The Morgan fingerprint density at radius 3 is 1.89 bits per heavy atom. The van der Waals surface area contributed by atoms with Crippen LogP contribution in [0.4, 0.5) is 0 Å². The van der Waals surface area contributed by atoms with Gasteiger partial charge in [-0.1, -0.05) is 0 Å². The predicted octanol–water partition coefficient (Wildman–Crippen LogP) is -0.304. The van der Waals surface area contributed by atoms with Gasteiger partial charge in [-0.25, -0.2) is 0 Å². The minimum absolute atomic E-state index is 0.660. The highest BCUT2D eigenvalue weighted by molar-refractivity contribution is 7.51. The summed E-state index contributed by atoms with van der Waals surface area (Å²) in [4.78, 5) is 16.5. The van der Waals surface area contributed by atoms with Crippen molar-refractivity contribution in [3.63, 3.8) is 0 Å². The highest BCUT2D eigenvalue weighted by atomic mass is 31.2. The van der Waals surface area contributed by atoms with E-state index >= 15 is 0 Å². The first-order chi connectivity index (χ1) is 3.71. The molecule has 56 valence electrons. The molecule has 9 heavy (non-hydrogen) atoms. The van der Waals surface area contributed by atoms with Gasteiger partial charge >= 0.3 is 7.60 Å². The van der Waals surface area contributed by atoms with E-state index in [4.69, 9.17) is 9.79 Å². The molecular weight excluding hydrogens is 145 g/mol. The smallest absolute Gasteiger partial charge is 0.379 e. The third kappa shape index (κ3) is 8.07. The van der Waals surface area contributed by atoms with Crippen LogP contribution in [0.15, 0.2) is 0 Å². The first-order valence-corrected chi connectivity index (χ1v) is 4.09. The first kappa shape index (κ1) is 9.07. The molecule has 0 saturated carbocycles. The van der Waals surface area contributed by atoms with E-state index in [2.05, 4.69) is 0 Å². The third-order valence-electron chi connectivity index (χ3n) is 0.525. The highest BCUT2D eigenvalue weighted by Gasteiger charge is 2.20. The van der Waals surface area contributed by atoms with E-state index < -0.39 is 18.5 Å². The number of hydroxylamine groups is 3. The van der Waals surface area contributed by atoms with Crippen molar-refractivity contribution in [2.75, 3.05) is 20.4 Å². The van der Waals surface area contributed by atoms with Crippen molar-refractivity contribution in [2.45, 2.75) is 0 Å². The van der Waals surface area contributed by atoms with Crippen molar-refractivity contribution in [1.82, 2.24) is 0 Å². The molecule has 0 spiro atoms. The van der Waals surface area contributed by atoms with Crippen LogP contribution < -0.4 is 0 Å². The van der Waals surface area contributed by atoms with Gasteiger partial charge in [0.15, 0.2) is 6.29 Å². The quantitative estimate of drug-likeness (QED) is 0.326. The molecule has 0 rings (SSSR count). The Balaban J connectivity index is 3.90. The number of nitrogens with zero attached hydrogens (tertiary/aromatic N) is 1. The molecule has 0 aliphatic carbocycles. The van der Waals surface area contributed by atoms with E-state index in [1.54, 1.807) is 0 Å². The summed E-state index contributed by atoms with van der Waals surface area (Å²) < 4.78 is 9.17. The molecule has 0 aliphatic rings. The fourth-order valence-corrected chi connectivity index (χ4v) is 1.33. The molecule has 0 aromatic heterocycles. The average Bonchev–Trinajstić information content (AvgIpc) is 1.14. The van der Waals surface area contributed by atoms with Gasteiger partial charge in [0.25, 0.3) is 0 Å². The Morgan fingerprint density at radius 2 is 1.89 bits per heavy atom. The Labute approximate surface area is 53.2 Å². The van der Waals surface area contributed by atoms with Crippen molar-refractivity contribution in [3.8, 4) is 0 Å². The standard InChI is InChI=1S/C3H10NO4P/c1-4(2,5)3-9(6,7)8/h3H2,1-2H3,(H2,6,7,8). The van der Waals surface area contributed by atoms with Crippen LogP contribution in [0, 0.1) is 5.21 Å². The average molecular weight is 155 g/mol. The fourth-order valence-electron chi connectivity index (χ4n) is 0.444. The van der Waals surface area contributed by atoms with E-state index in [0.717, 1.165) is 0 Å². The van der Waals surface area contributed by atoms with Gasteiger partial charge in [-0.2, -0.15) is 0 Å². The van der Waals surface area contributed by atoms with Crippen LogP contribution >= 0.6 is 7.60 Å². The second-order valence-electron chi connectivity index (χ2n) is 2.38. The lowest BCUT2D eigenvalue weighted by Gasteiger charge is -2.33. The van der Waals surface area contributed by atoms with Gasteiger partial charge in [-0.15, -0.1) is 0 Å². The van der Waals surface area contributed by atoms with Crippen LogP contribution in [0.2, 0.25) is 0 Å². The zero-order valence-electron chi connectivity index (χ0n) is 5.31. The summed E-state index contributed by atoms with van der Waals surface area (Å²) in [5, 5.41) is 10.6. The number of hydrogen-bond donors (Lipinski definition) is 2. The van der Waals surface area contributed by atoms with Gasteiger partial charge in [-0.05, 0) is 0 Å². The molecule has 0 fully saturated rings. The monoisotopic (exact) mass is 155 g/mol. The molecule has 0 amide bonds. The molecule has 0 saturated heterocycles. The van der Waals surface area contributed by atoms with E-state index in [0.29, 0.717) is 0 Å². The zero-order valence-corrected chi connectivity index (χ0v) is 6.21. The van der Waals surface area contributed by atoms with Crippen molar-refractivity contribution >= 4 is 7.60 Å². The van der Waals surface area contributed by atoms with Crippen molar-refractivity contribution in [1.29, 1.82) is 0 Å². The zero-order chi connectivity index (χ0) is 7.71. The minimum Gasteiger partial charge on any atom is -0.633 e. The SMILES string of the molecule is C[N+](C)([O-])CP(=O)(O)O. The van der Waals surface area contributed by atoms with Crippen LogP contribution in [-0.2, 0) is 4.57 Å². The van der Waals surface area contributed by atoms with Gasteiger partial charge in [0.1, 0.15) is 0 Å². The van der Waals surface area contributed by atoms with Crippen LogP contribution in [0.3, 0.4) is 0 Å². The molecule has 0 heterocycles. The van der Waals surface area contributed by atoms with Gasteiger partial charge < -0.3 is 19.6 Å². The minimum atomic E-state index is -4.13. The van der Waals surface area contributed by atoms with E-state index in [9.17, 15) is 9.77 Å². The van der Waals surface area contributed by atoms with Crippen molar-refractivity contribution < 1.29 is 19.0 Å². The topological polar surface area (TPSA) is 80.6 Å². The fraction of sp³-hybridized carbons (Fsp3) is 1.00. The van der Waals surface area contributed by atoms with Gasteiger partial charge in [-0.3, -0.25) is 4.57 Å². The van der Waals surface area contributed by atoms with Crippen LogP contribution in [0.5, 0.6) is 0 Å². The molecule has 0 bridgehead atoms. The maximum absolute atomic E-state index is 10.6. The van der Waals surface area contributed by atoms with E-state index in [1.807, 2.05) is 0 Å². The summed E-state index contributed by atoms with van der Waals surface area (Å²) in [6.45, 7) is 0. The molecule has 0 unspecified atom stereocenters. The summed E-state index contributed by atoms with van der Waals surface area (Å²) in [5.74, 6) is 0. The van der Waals surface area contributed by atoms with Gasteiger partial charge in [0.2, 0.25) is 0 Å². The van der Waals surface area contributed by atoms with Crippen molar-refractivity contribution in [2.24, 2.45) is 0 Å². The first-order valence-electron chi connectivity index (χ1n) is 2.29. The highest BCUT2D eigenvalue weighted by Crippen LogP contribution is 2.36. The van der Waals surface area contributed by atoms with Crippen LogP contribution in [-0.4, -0.2) is 34.8 Å². The number of rotatable bonds is 2. The Hall–Kier alpha value is 0.0700. The molecule has 0 aliphatic heterocycles.